The number of methoxy groups -OCH3 is 1. The van der Waals surface area contributed by atoms with Gasteiger partial charge in [0.05, 0.1) is 19.0 Å². The number of ether oxygens (including phenoxy) is 1. The van der Waals surface area contributed by atoms with Gasteiger partial charge < -0.3 is 15.0 Å². The van der Waals surface area contributed by atoms with Crippen molar-refractivity contribution < 1.29 is 4.74 Å². The van der Waals surface area contributed by atoms with Gasteiger partial charge in [-0.2, -0.15) is 10.1 Å². The van der Waals surface area contributed by atoms with E-state index in [1.54, 1.807) is 13.3 Å². The van der Waals surface area contributed by atoms with Crippen molar-refractivity contribution in [1.82, 2.24) is 15.2 Å². The van der Waals surface area contributed by atoms with Crippen LogP contribution in [0.4, 0.5) is 23.1 Å². The minimum Gasteiger partial charge on any atom is -0.495 e. The molecule has 25 heavy (non-hydrogen) atoms. The van der Waals surface area contributed by atoms with E-state index in [-0.39, 0.29) is 0 Å². The Hall–Kier alpha value is -3.15. The van der Waals surface area contributed by atoms with Crippen LogP contribution in [0.1, 0.15) is 12.5 Å². The van der Waals surface area contributed by atoms with Gasteiger partial charge in [0.2, 0.25) is 0 Å². The first-order valence-corrected chi connectivity index (χ1v) is 8.23. The van der Waals surface area contributed by atoms with Crippen LogP contribution in [-0.4, -0.2) is 28.3 Å². The van der Waals surface area contributed by atoms with E-state index in [9.17, 15) is 0 Å². The second kappa shape index (κ2) is 6.39. The first kappa shape index (κ1) is 15.4. The van der Waals surface area contributed by atoms with Crippen molar-refractivity contribution in [1.29, 1.82) is 0 Å². The Balaban J connectivity index is 1.66. The van der Waals surface area contributed by atoms with E-state index < -0.39 is 0 Å². The van der Waals surface area contributed by atoms with Gasteiger partial charge in [-0.25, -0.2) is 0 Å². The van der Waals surface area contributed by atoms with E-state index in [4.69, 9.17) is 4.74 Å². The zero-order valence-corrected chi connectivity index (χ0v) is 14.2. The fourth-order valence-electron chi connectivity index (χ4n) is 3.21. The molecule has 6 nitrogen and oxygen atoms in total. The molecular formula is C19H19N5O. The van der Waals surface area contributed by atoms with Crippen molar-refractivity contribution in [2.45, 2.75) is 19.4 Å². The first-order chi connectivity index (χ1) is 12.3. The molecule has 0 radical (unpaired) electrons. The quantitative estimate of drug-likeness (QED) is 0.785. The van der Waals surface area contributed by atoms with Crippen LogP contribution < -0.4 is 15.0 Å². The molecule has 1 unspecified atom stereocenters. The SMILES string of the molecule is COc1ccccc1Nc1cnnc(N2c3ccccc3CC2C)n1. The predicted octanol–water partition coefficient (Wildman–Crippen LogP) is 3.71. The first-order valence-electron chi connectivity index (χ1n) is 8.23. The Bertz CT molecular complexity index is 898. The Kier molecular flexibility index (Phi) is 3.93. The fraction of sp³-hybridized carbons (Fsp3) is 0.211. The van der Waals surface area contributed by atoms with Gasteiger partial charge in [-0.15, -0.1) is 5.10 Å². The number of benzene rings is 2. The molecule has 4 rings (SSSR count). The van der Waals surface area contributed by atoms with E-state index in [1.165, 1.54) is 5.56 Å². The maximum Gasteiger partial charge on any atom is 0.252 e. The lowest BCUT2D eigenvalue weighted by atomic mass is 10.1. The zero-order valence-electron chi connectivity index (χ0n) is 14.2. The Labute approximate surface area is 146 Å². The number of rotatable bonds is 4. The standard InChI is InChI=1S/C19H19N5O/c1-13-11-14-7-3-5-9-16(14)24(13)19-22-18(12-20-23-19)21-15-8-4-6-10-17(15)25-2/h3-10,12-13H,11H2,1-2H3,(H,21,22,23). The van der Waals surface area contributed by atoms with Crippen molar-refractivity contribution in [3.05, 3.63) is 60.3 Å². The molecule has 1 aliphatic rings. The number of hydrogen-bond donors (Lipinski definition) is 1. The topological polar surface area (TPSA) is 63.2 Å². The van der Waals surface area contributed by atoms with Crippen molar-refractivity contribution in [3.8, 4) is 5.75 Å². The largest absolute Gasteiger partial charge is 0.495 e. The van der Waals surface area contributed by atoms with Crippen LogP contribution in [0.2, 0.25) is 0 Å². The molecule has 2 aromatic carbocycles. The summed E-state index contributed by atoms with van der Waals surface area (Å²) in [5.41, 5.74) is 3.29. The number of hydrogen-bond acceptors (Lipinski definition) is 6. The molecule has 3 aromatic rings. The summed E-state index contributed by atoms with van der Waals surface area (Å²) in [6.45, 7) is 2.17. The fourth-order valence-corrected chi connectivity index (χ4v) is 3.21. The van der Waals surface area contributed by atoms with Crippen molar-refractivity contribution in [2.75, 3.05) is 17.3 Å². The number of para-hydroxylation sites is 3. The van der Waals surface area contributed by atoms with Gasteiger partial charge in [-0.1, -0.05) is 30.3 Å². The summed E-state index contributed by atoms with van der Waals surface area (Å²) >= 11 is 0. The van der Waals surface area contributed by atoms with E-state index >= 15 is 0 Å². The molecule has 1 aromatic heterocycles. The summed E-state index contributed by atoms with van der Waals surface area (Å²) in [6, 6.07) is 16.3. The molecule has 0 amide bonds. The number of nitrogens with one attached hydrogen (secondary N) is 1. The Morgan fingerprint density at radius 2 is 1.92 bits per heavy atom. The van der Waals surface area contributed by atoms with Crippen molar-refractivity contribution in [2.24, 2.45) is 0 Å². The third-order valence-electron chi connectivity index (χ3n) is 4.34. The summed E-state index contributed by atoms with van der Waals surface area (Å²) in [6.07, 6.45) is 2.59. The lowest BCUT2D eigenvalue weighted by Gasteiger charge is -2.22. The van der Waals surface area contributed by atoms with Crippen LogP contribution in [0, 0.1) is 0 Å². The highest BCUT2D eigenvalue weighted by Gasteiger charge is 2.29. The maximum atomic E-state index is 5.37. The van der Waals surface area contributed by atoms with Crippen molar-refractivity contribution in [3.63, 3.8) is 0 Å². The van der Waals surface area contributed by atoms with Gasteiger partial charge in [-0.05, 0) is 37.1 Å². The average Bonchev–Trinajstić information content (AvgIpc) is 2.98. The molecule has 0 saturated heterocycles. The summed E-state index contributed by atoms with van der Waals surface area (Å²) in [7, 11) is 1.65. The lowest BCUT2D eigenvalue weighted by molar-refractivity contribution is 0.417. The average molecular weight is 333 g/mol. The molecular weight excluding hydrogens is 314 g/mol. The molecule has 6 heteroatoms. The van der Waals surface area contributed by atoms with Crippen LogP contribution >= 0.6 is 0 Å². The second-order valence-electron chi connectivity index (χ2n) is 6.02. The van der Waals surface area contributed by atoms with E-state index in [0.717, 1.165) is 23.5 Å². The van der Waals surface area contributed by atoms with Crippen LogP contribution in [0.25, 0.3) is 0 Å². The molecule has 1 atom stereocenters. The minimum absolute atomic E-state index is 0.292. The number of nitrogens with zero attached hydrogens (tertiary/aromatic N) is 4. The van der Waals surface area contributed by atoms with Gasteiger partial charge in [0, 0.05) is 11.7 Å². The molecule has 0 aliphatic carbocycles. The lowest BCUT2D eigenvalue weighted by Crippen LogP contribution is -2.26. The van der Waals surface area contributed by atoms with Gasteiger partial charge in [-0.3, -0.25) is 0 Å². The second-order valence-corrected chi connectivity index (χ2v) is 6.02. The highest BCUT2D eigenvalue weighted by molar-refractivity contribution is 5.68. The summed E-state index contributed by atoms with van der Waals surface area (Å²) in [5, 5.41) is 11.6. The van der Waals surface area contributed by atoms with Crippen LogP contribution in [0.5, 0.6) is 5.75 Å². The minimum atomic E-state index is 0.292. The summed E-state index contributed by atoms with van der Waals surface area (Å²) in [5.74, 6) is 1.98. The van der Waals surface area contributed by atoms with E-state index in [2.05, 4.69) is 50.5 Å². The number of aromatic nitrogens is 3. The molecule has 1 N–H and O–H groups in total. The molecule has 1 aliphatic heterocycles. The van der Waals surface area contributed by atoms with E-state index in [0.29, 0.717) is 17.8 Å². The number of anilines is 4. The third-order valence-corrected chi connectivity index (χ3v) is 4.34. The van der Waals surface area contributed by atoms with Crippen molar-refractivity contribution >= 4 is 23.1 Å². The summed E-state index contributed by atoms with van der Waals surface area (Å²) in [4.78, 5) is 6.80. The molecule has 0 spiro atoms. The molecule has 126 valence electrons. The molecule has 0 bridgehead atoms. The predicted molar refractivity (Wildman–Crippen MR) is 97.9 cm³/mol. The van der Waals surface area contributed by atoms with Gasteiger partial charge in [0.1, 0.15) is 5.75 Å². The third kappa shape index (κ3) is 2.87. The van der Waals surface area contributed by atoms with Crippen LogP contribution in [-0.2, 0) is 6.42 Å². The summed E-state index contributed by atoms with van der Waals surface area (Å²) < 4.78 is 5.37. The van der Waals surface area contributed by atoms with Gasteiger partial charge in [0.25, 0.3) is 5.95 Å². The Morgan fingerprint density at radius 3 is 2.80 bits per heavy atom. The Morgan fingerprint density at radius 1 is 1.12 bits per heavy atom. The molecule has 0 saturated carbocycles. The van der Waals surface area contributed by atoms with E-state index in [1.807, 2.05) is 30.3 Å². The number of fused-ring (bicyclic) bond motifs is 1. The highest BCUT2D eigenvalue weighted by Crippen LogP contribution is 2.36. The van der Waals surface area contributed by atoms with Crippen LogP contribution in [0.3, 0.4) is 0 Å². The monoisotopic (exact) mass is 333 g/mol. The van der Waals surface area contributed by atoms with Gasteiger partial charge >= 0.3 is 0 Å². The zero-order chi connectivity index (χ0) is 17.2. The normalized spacial score (nSPS) is 15.8. The molecule has 0 fully saturated rings. The maximum absolute atomic E-state index is 5.37. The highest BCUT2D eigenvalue weighted by atomic mass is 16.5. The smallest absolute Gasteiger partial charge is 0.252 e. The van der Waals surface area contributed by atoms with Gasteiger partial charge in [0.15, 0.2) is 5.82 Å². The molecule has 2 heterocycles. The van der Waals surface area contributed by atoms with Crippen LogP contribution in [0.15, 0.2) is 54.7 Å².